The van der Waals surface area contributed by atoms with Crippen molar-refractivity contribution in [3.8, 4) is 0 Å². The van der Waals surface area contributed by atoms with Gasteiger partial charge in [-0.2, -0.15) is 0 Å². The molecule has 0 saturated carbocycles. The van der Waals surface area contributed by atoms with Gasteiger partial charge >= 0.3 is 0 Å². The summed E-state index contributed by atoms with van der Waals surface area (Å²) in [5, 5.41) is 13.2. The molecule has 3 heterocycles. The molecule has 0 fully saturated rings. The lowest BCUT2D eigenvalue weighted by atomic mass is 9.89. The van der Waals surface area contributed by atoms with Crippen LogP contribution in [0.3, 0.4) is 0 Å². The highest BCUT2D eigenvalue weighted by Gasteiger charge is 2.24. The van der Waals surface area contributed by atoms with E-state index in [1.807, 2.05) is 4.40 Å². The van der Waals surface area contributed by atoms with Gasteiger partial charge in [0.2, 0.25) is 5.91 Å². The molecule has 0 radical (unpaired) electrons. The number of hydrogen-bond acceptors (Lipinski definition) is 6. The lowest BCUT2D eigenvalue weighted by Crippen LogP contribution is -2.14. The lowest BCUT2D eigenvalue weighted by Gasteiger charge is -2.17. The Kier molecular flexibility index (Phi) is 4.71. The molecule has 148 valence electrons. The summed E-state index contributed by atoms with van der Waals surface area (Å²) in [6.07, 6.45) is 5.07. The van der Waals surface area contributed by atoms with Crippen LogP contribution in [-0.2, 0) is 17.6 Å². The average Bonchev–Trinajstić information content (AvgIpc) is 3.28. The molecule has 29 heavy (non-hydrogen) atoms. The fraction of sp³-hybridized carbons (Fsp3) is 0.300. The quantitative estimate of drug-likeness (QED) is 0.491. The van der Waals surface area contributed by atoms with Gasteiger partial charge in [0.15, 0.2) is 10.8 Å². The van der Waals surface area contributed by atoms with Gasteiger partial charge in [-0.1, -0.05) is 18.7 Å². The number of anilines is 1. The summed E-state index contributed by atoms with van der Waals surface area (Å²) in [6, 6.07) is 5.69. The van der Waals surface area contributed by atoms with Crippen molar-refractivity contribution in [3.05, 3.63) is 46.9 Å². The largest absolute Gasteiger partial charge is 0.325 e. The van der Waals surface area contributed by atoms with Crippen LogP contribution in [0.4, 0.5) is 10.1 Å². The number of amides is 1. The van der Waals surface area contributed by atoms with Gasteiger partial charge in [-0.25, -0.2) is 9.37 Å². The first-order valence-corrected chi connectivity index (χ1v) is 11.2. The number of hydrogen-bond donors (Lipinski definition) is 1. The molecular formula is C20H18FN5OS2. The second-order valence-electron chi connectivity index (χ2n) is 7.30. The maximum Gasteiger partial charge on any atom is 0.234 e. The van der Waals surface area contributed by atoms with E-state index >= 15 is 0 Å². The van der Waals surface area contributed by atoms with Crippen LogP contribution in [0, 0.1) is 11.7 Å². The van der Waals surface area contributed by atoms with Gasteiger partial charge < -0.3 is 5.32 Å². The third-order valence-electron chi connectivity index (χ3n) is 5.13. The Balaban J connectivity index is 1.38. The molecule has 1 amide bonds. The molecule has 1 aliphatic rings. The maximum atomic E-state index is 13.0. The predicted octanol–water partition coefficient (Wildman–Crippen LogP) is 4.33. The Morgan fingerprint density at radius 1 is 1.34 bits per heavy atom. The van der Waals surface area contributed by atoms with Crippen molar-refractivity contribution in [2.75, 3.05) is 11.1 Å². The number of nitrogens with zero attached hydrogens (tertiary/aromatic N) is 4. The molecule has 9 heteroatoms. The van der Waals surface area contributed by atoms with Crippen molar-refractivity contribution in [1.82, 2.24) is 19.6 Å². The Morgan fingerprint density at radius 2 is 2.17 bits per heavy atom. The standard InChI is InChI=1S/C20H18FN5OS2/c1-11-2-7-14-15(8-11)29-19-17(14)18-24-25-20(26(18)10-22-19)28-9-16(27)23-13-5-3-12(21)4-6-13/h3-6,10-11H,2,7-9H2,1H3,(H,23,27)/t11-/m0/s1. The van der Waals surface area contributed by atoms with Gasteiger partial charge in [-0.05, 0) is 55.0 Å². The van der Waals surface area contributed by atoms with E-state index in [0.29, 0.717) is 16.8 Å². The summed E-state index contributed by atoms with van der Waals surface area (Å²) >= 11 is 3.06. The highest BCUT2D eigenvalue weighted by molar-refractivity contribution is 7.99. The van der Waals surface area contributed by atoms with Crippen molar-refractivity contribution >= 4 is 50.6 Å². The molecule has 1 aromatic carbocycles. The van der Waals surface area contributed by atoms with E-state index in [0.717, 1.165) is 28.7 Å². The van der Waals surface area contributed by atoms with Gasteiger partial charge in [0.25, 0.3) is 0 Å². The van der Waals surface area contributed by atoms with Crippen LogP contribution in [0.25, 0.3) is 15.9 Å². The van der Waals surface area contributed by atoms with Crippen molar-refractivity contribution in [2.24, 2.45) is 5.92 Å². The SMILES string of the molecule is C[C@H]1CCc2c(sc3ncn4c(SCC(=O)Nc5ccc(F)cc5)nnc4c23)C1. The Bertz CT molecular complexity index is 1220. The zero-order valence-electron chi connectivity index (χ0n) is 15.7. The molecule has 5 rings (SSSR count). The van der Waals surface area contributed by atoms with E-state index in [2.05, 4.69) is 27.4 Å². The fourth-order valence-corrected chi connectivity index (χ4v) is 5.73. The summed E-state index contributed by atoms with van der Waals surface area (Å²) in [5.41, 5.74) is 2.73. The maximum absolute atomic E-state index is 13.0. The van der Waals surface area contributed by atoms with E-state index in [1.54, 1.807) is 17.7 Å². The molecule has 0 spiro atoms. The van der Waals surface area contributed by atoms with Crippen LogP contribution in [-0.4, -0.2) is 31.2 Å². The third kappa shape index (κ3) is 3.49. The number of benzene rings is 1. The Hall–Kier alpha value is -2.52. The minimum atomic E-state index is -0.337. The van der Waals surface area contributed by atoms with Crippen molar-refractivity contribution in [2.45, 2.75) is 31.3 Å². The molecule has 1 N–H and O–H groups in total. The van der Waals surface area contributed by atoms with Gasteiger partial charge in [-0.15, -0.1) is 21.5 Å². The summed E-state index contributed by atoms with van der Waals surface area (Å²) < 4.78 is 14.8. The molecule has 0 bridgehead atoms. The first kappa shape index (κ1) is 18.5. The van der Waals surface area contributed by atoms with Gasteiger partial charge in [-0.3, -0.25) is 9.20 Å². The second-order valence-corrected chi connectivity index (χ2v) is 9.32. The van der Waals surface area contributed by atoms with E-state index in [9.17, 15) is 9.18 Å². The monoisotopic (exact) mass is 427 g/mol. The average molecular weight is 428 g/mol. The number of rotatable bonds is 4. The number of carbonyl (C=O) groups excluding carboxylic acids is 1. The number of thioether (sulfide) groups is 1. The molecule has 6 nitrogen and oxygen atoms in total. The molecule has 1 atom stereocenters. The molecule has 3 aromatic heterocycles. The predicted molar refractivity (Wildman–Crippen MR) is 113 cm³/mol. The number of halogens is 1. The van der Waals surface area contributed by atoms with Crippen molar-refractivity contribution < 1.29 is 9.18 Å². The zero-order valence-corrected chi connectivity index (χ0v) is 17.3. The molecular weight excluding hydrogens is 409 g/mol. The molecule has 0 unspecified atom stereocenters. The summed E-state index contributed by atoms with van der Waals surface area (Å²) in [7, 11) is 0. The van der Waals surface area contributed by atoms with E-state index < -0.39 is 0 Å². The Labute approximate surface area is 174 Å². The second kappa shape index (κ2) is 7.38. The normalized spacial score (nSPS) is 16.3. The number of aromatic nitrogens is 4. The summed E-state index contributed by atoms with van der Waals surface area (Å²) in [4.78, 5) is 19.3. The van der Waals surface area contributed by atoms with Crippen LogP contribution in [0.2, 0.25) is 0 Å². The number of nitrogens with one attached hydrogen (secondary N) is 1. The highest BCUT2D eigenvalue weighted by Crippen LogP contribution is 2.39. The van der Waals surface area contributed by atoms with Crippen LogP contribution < -0.4 is 5.32 Å². The number of carbonyl (C=O) groups is 1. The number of thiophene rings is 1. The number of fused-ring (bicyclic) bond motifs is 5. The van der Waals surface area contributed by atoms with Gasteiger partial charge in [0, 0.05) is 10.6 Å². The topological polar surface area (TPSA) is 72.2 Å². The minimum Gasteiger partial charge on any atom is -0.325 e. The number of aryl methyl sites for hydroxylation is 1. The van der Waals surface area contributed by atoms with Gasteiger partial charge in [0.05, 0.1) is 11.1 Å². The van der Waals surface area contributed by atoms with Crippen molar-refractivity contribution in [1.29, 1.82) is 0 Å². The van der Waals surface area contributed by atoms with Crippen LogP contribution in [0.15, 0.2) is 35.7 Å². The molecule has 1 aliphatic carbocycles. The fourth-order valence-electron chi connectivity index (χ4n) is 3.68. The van der Waals surface area contributed by atoms with E-state index in [4.69, 9.17) is 0 Å². The van der Waals surface area contributed by atoms with Crippen LogP contribution in [0.5, 0.6) is 0 Å². The molecule has 0 saturated heterocycles. The summed E-state index contributed by atoms with van der Waals surface area (Å²) in [6.45, 7) is 2.29. The van der Waals surface area contributed by atoms with Crippen LogP contribution in [0.1, 0.15) is 23.8 Å². The Morgan fingerprint density at radius 3 is 3.00 bits per heavy atom. The zero-order chi connectivity index (χ0) is 20.0. The van der Waals surface area contributed by atoms with Crippen molar-refractivity contribution in [3.63, 3.8) is 0 Å². The minimum absolute atomic E-state index is 0.176. The van der Waals surface area contributed by atoms with E-state index in [-0.39, 0.29) is 17.5 Å². The van der Waals surface area contributed by atoms with Gasteiger partial charge in [0.1, 0.15) is 17.0 Å². The molecule has 0 aliphatic heterocycles. The third-order valence-corrected chi connectivity index (χ3v) is 7.24. The molecule has 4 aromatic rings. The van der Waals surface area contributed by atoms with Crippen LogP contribution >= 0.6 is 23.1 Å². The first-order chi connectivity index (χ1) is 14.1. The lowest BCUT2D eigenvalue weighted by molar-refractivity contribution is -0.113. The highest BCUT2D eigenvalue weighted by atomic mass is 32.2. The smallest absolute Gasteiger partial charge is 0.234 e. The van der Waals surface area contributed by atoms with E-state index in [1.165, 1.54) is 52.9 Å². The first-order valence-electron chi connectivity index (χ1n) is 9.40. The summed E-state index contributed by atoms with van der Waals surface area (Å²) in [5.74, 6) is 0.357.